The molecule has 1 heterocycles. The molecular weight excluding hydrogens is 544 g/mol. The van der Waals surface area contributed by atoms with Gasteiger partial charge in [-0.15, -0.1) is 0 Å². The lowest BCUT2D eigenvalue weighted by Crippen LogP contribution is -2.23. The van der Waals surface area contributed by atoms with Crippen molar-refractivity contribution in [2.24, 2.45) is 0 Å². The molecular formula is C27H21Cl2F3N2O2S. The van der Waals surface area contributed by atoms with Crippen LogP contribution in [0.15, 0.2) is 66.0 Å². The van der Waals surface area contributed by atoms with Gasteiger partial charge in [-0.2, -0.15) is 0 Å². The molecule has 0 bridgehead atoms. The molecule has 0 radical (unpaired) electrons. The average Bonchev–Trinajstić information content (AvgIpc) is 3.29. The second-order valence-electron chi connectivity index (χ2n) is 8.78. The summed E-state index contributed by atoms with van der Waals surface area (Å²) in [5.41, 5.74) is 1.06. The molecule has 4 aromatic rings. The first-order valence-electron chi connectivity index (χ1n) is 11.1. The molecule has 0 aliphatic heterocycles. The summed E-state index contributed by atoms with van der Waals surface area (Å²) in [4.78, 5) is 16.2. The van der Waals surface area contributed by atoms with Crippen molar-refractivity contribution in [2.45, 2.75) is 30.2 Å². The molecule has 0 spiro atoms. The maximum absolute atomic E-state index is 14.7. The molecule has 0 amide bonds. The van der Waals surface area contributed by atoms with E-state index in [0.717, 1.165) is 35.2 Å². The van der Waals surface area contributed by atoms with Gasteiger partial charge in [-0.3, -0.25) is 9.36 Å². The topological polar surface area (TPSA) is 55.1 Å². The first kappa shape index (κ1) is 27.3. The number of aliphatic hydroxyl groups is 1. The lowest BCUT2D eigenvalue weighted by atomic mass is 9.81. The number of aromatic nitrogens is 2. The number of carbonyl (C=O) groups excluding carboxylic acids is 1. The van der Waals surface area contributed by atoms with Crippen LogP contribution in [0.2, 0.25) is 10.0 Å². The van der Waals surface area contributed by atoms with E-state index >= 15 is 0 Å². The predicted octanol–water partition coefficient (Wildman–Crippen LogP) is 7.39. The number of ketones is 1. The monoisotopic (exact) mass is 564 g/mol. The molecule has 3 aromatic carbocycles. The Labute approximate surface area is 226 Å². The highest BCUT2D eigenvalue weighted by Crippen LogP contribution is 2.39. The Kier molecular flexibility index (Phi) is 8.04. The van der Waals surface area contributed by atoms with E-state index in [2.05, 4.69) is 4.98 Å². The maximum Gasteiger partial charge on any atom is 0.188 e. The van der Waals surface area contributed by atoms with E-state index in [4.69, 9.17) is 28.3 Å². The van der Waals surface area contributed by atoms with Crippen LogP contribution in [0.25, 0.3) is 5.69 Å². The standard InChI is InChI=1S/C27H21Cl2F3N2O2S/c1-27(2,16-3-8-20(28)21(29)11-16)25-12-33-26(34(25)18-6-4-17(30)5-7-18)37-14-19-22(31)9-15(10-23(19)32)24(36)13-35/h3-12,35H,13-14H2,1-2H3. The number of thioether (sulfide) groups is 1. The summed E-state index contributed by atoms with van der Waals surface area (Å²) in [5.74, 6) is -3.13. The summed E-state index contributed by atoms with van der Waals surface area (Å²) in [7, 11) is 0. The molecule has 0 saturated heterocycles. The second kappa shape index (κ2) is 10.9. The lowest BCUT2D eigenvalue weighted by Gasteiger charge is -2.28. The third-order valence-electron chi connectivity index (χ3n) is 6.05. The van der Waals surface area contributed by atoms with Gasteiger partial charge in [0.25, 0.3) is 0 Å². The highest BCUT2D eigenvalue weighted by molar-refractivity contribution is 7.98. The summed E-state index contributed by atoms with van der Waals surface area (Å²) in [6.07, 6.45) is 1.66. The number of halogens is 5. The lowest BCUT2D eigenvalue weighted by molar-refractivity contribution is 0.0903. The molecule has 192 valence electrons. The third kappa shape index (κ3) is 5.57. The number of rotatable bonds is 8. The molecule has 0 aliphatic rings. The van der Waals surface area contributed by atoms with Gasteiger partial charge in [-0.25, -0.2) is 18.2 Å². The molecule has 0 atom stereocenters. The Morgan fingerprint density at radius 2 is 1.65 bits per heavy atom. The van der Waals surface area contributed by atoms with Gasteiger partial charge in [0.2, 0.25) is 0 Å². The molecule has 0 aliphatic carbocycles. The van der Waals surface area contributed by atoms with E-state index < -0.39 is 35.3 Å². The maximum atomic E-state index is 14.7. The fraction of sp³-hybridized carbons (Fsp3) is 0.185. The van der Waals surface area contributed by atoms with Crippen LogP contribution in [0.1, 0.15) is 41.0 Å². The predicted molar refractivity (Wildman–Crippen MR) is 139 cm³/mol. The summed E-state index contributed by atoms with van der Waals surface area (Å²) in [5, 5.41) is 10.2. The van der Waals surface area contributed by atoms with Gasteiger partial charge in [-0.05, 0) is 54.1 Å². The fourth-order valence-corrected chi connectivity index (χ4v) is 5.19. The number of hydrogen-bond acceptors (Lipinski definition) is 4. The van der Waals surface area contributed by atoms with Gasteiger partial charge in [-0.1, -0.05) is 54.9 Å². The Balaban J connectivity index is 1.76. The molecule has 1 N–H and O–H groups in total. The van der Waals surface area contributed by atoms with Gasteiger partial charge < -0.3 is 5.11 Å². The van der Waals surface area contributed by atoms with Crippen LogP contribution in [0.5, 0.6) is 0 Å². The number of Topliss-reactive ketones (excluding diaryl/α,β-unsaturated/α-hetero) is 1. The van der Waals surface area contributed by atoms with Crippen LogP contribution in [0, 0.1) is 17.5 Å². The number of carbonyl (C=O) groups is 1. The molecule has 1 aromatic heterocycles. The van der Waals surface area contributed by atoms with E-state index in [1.807, 2.05) is 19.9 Å². The largest absolute Gasteiger partial charge is 0.388 e. The molecule has 10 heteroatoms. The number of benzene rings is 3. The molecule has 4 nitrogen and oxygen atoms in total. The zero-order valence-electron chi connectivity index (χ0n) is 19.7. The second-order valence-corrected chi connectivity index (χ2v) is 10.5. The Hall–Kier alpha value is -2.78. The minimum Gasteiger partial charge on any atom is -0.388 e. The quantitative estimate of drug-likeness (QED) is 0.179. The highest BCUT2D eigenvalue weighted by Gasteiger charge is 2.30. The number of hydrogen-bond donors (Lipinski definition) is 1. The van der Waals surface area contributed by atoms with E-state index in [-0.39, 0.29) is 16.9 Å². The van der Waals surface area contributed by atoms with Crippen LogP contribution in [-0.2, 0) is 11.2 Å². The molecule has 4 rings (SSSR count). The number of nitrogens with zero attached hydrogens (tertiary/aromatic N) is 2. The van der Waals surface area contributed by atoms with E-state index in [9.17, 15) is 18.0 Å². The van der Waals surface area contributed by atoms with Crippen molar-refractivity contribution in [1.82, 2.24) is 9.55 Å². The van der Waals surface area contributed by atoms with Gasteiger partial charge in [0.15, 0.2) is 10.9 Å². The van der Waals surface area contributed by atoms with Crippen LogP contribution in [-0.4, -0.2) is 27.0 Å². The molecule has 0 unspecified atom stereocenters. The van der Waals surface area contributed by atoms with Crippen LogP contribution >= 0.6 is 35.0 Å². The number of aliphatic hydroxyl groups excluding tert-OH is 1. The third-order valence-corrected chi connectivity index (χ3v) is 7.77. The zero-order valence-corrected chi connectivity index (χ0v) is 22.1. The normalized spacial score (nSPS) is 11.7. The van der Waals surface area contributed by atoms with Gasteiger partial charge in [0, 0.05) is 28.0 Å². The minimum atomic E-state index is -0.902. The first-order chi connectivity index (χ1) is 17.5. The average molecular weight is 565 g/mol. The van der Waals surface area contributed by atoms with Crippen molar-refractivity contribution in [1.29, 1.82) is 0 Å². The summed E-state index contributed by atoms with van der Waals surface area (Å²) in [6.45, 7) is 3.09. The Morgan fingerprint density at radius 1 is 1.00 bits per heavy atom. The van der Waals surface area contributed by atoms with Crippen LogP contribution in [0.3, 0.4) is 0 Å². The molecule has 0 saturated carbocycles. The molecule has 37 heavy (non-hydrogen) atoms. The van der Waals surface area contributed by atoms with Crippen LogP contribution in [0.4, 0.5) is 13.2 Å². The van der Waals surface area contributed by atoms with Crippen molar-refractivity contribution in [3.63, 3.8) is 0 Å². The van der Waals surface area contributed by atoms with Crippen molar-refractivity contribution in [3.8, 4) is 5.69 Å². The highest BCUT2D eigenvalue weighted by atomic mass is 35.5. The summed E-state index contributed by atoms with van der Waals surface area (Å²) in [6, 6.07) is 12.9. The molecule has 0 fully saturated rings. The van der Waals surface area contributed by atoms with Crippen LogP contribution < -0.4 is 0 Å². The van der Waals surface area contributed by atoms with Crippen molar-refractivity contribution >= 4 is 40.7 Å². The summed E-state index contributed by atoms with van der Waals surface area (Å²) >= 11 is 13.5. The van der Waals surface area contributed by atoms with Crippen molar-refractivity contribution < 1.29 is 23.1 Å². The first-order valence-corrected chi connectivity index (χ1v) is 12.8. The fourth-order valence-electron chi connectivity index (χ4n) is 3.88. The number of imidazole rings is 1. The van der Waals surface area contributed by atoms with E-state index in [1.54, 1.807) is 35.0 Å². The van der Waals surface area contributed by atoms with Gasteiger partial charge >= 0.3 is 0 Å². The van der Waals surface area contributed by atoms with E-state index in [1.165, 1.54) is 12.1 Å². The van der Waals surface area contributed by atoms with Crippen molar-refractivity contribution in [3.05, 3.63) is 111 Å². The Morgan fingerprint density at radius 3 is 2.24 bits per heavy atom. The Bertz CT molecular complexity index is 1450. The van der Waals surface area contributed by atoms with Gasteiger partial charge in [0.05, 0.1) is 21.9 Å². The SMILES string of the molecule is CC(C)(c1ccc(Cl)c(Cl)c1)c1cnc(SCc2c(F)cc(C(=O)CO)cc2F)n1-c1ccc(F)cc1. The minimum absolute atomic E-state index is 0.129. The van der Waals surface area contributed by atoms with Gasteiger partial charge in [0.1, 0.15) is 24.1 Å². The summed E-state index contributed by atoms with van der Waals surface area (Å²) < 4.78 is 44.9. The zero-order chi connectivity index (χ0) is 26.9. The van der Waals surface area contributed by atoms with Crippen molar-refractivity contribution in [2.75, 3.05) is 6.61 Å². The smallest absolute Gasteiger partial charge is 0.188 e. The van der Waals surface area contributed by atoms with E-state index in [0.29, 0.717) is 20.9 Å².